The Kier molecular flexibility index (Phi) is 6.25. The van der Waals surface area contributed by atoms with Crippen molar-refractivity contribution in [3.05, 3.63) is 0 Å². The molecule has 0 radical (unpaired) electrons. The molecule has 0 aromatic heterocycles. The van der Waals surface area contributed by atoms with Crippen molar-refractivity contribution in [3.63, 3.8) is 0 Å². The number of carbonyl (C=O) groups is 1. The van der Waals surface area contributed by atoms with Crippen molar-refractivity contribution in [2.45, 2.75) is 31.8 Å². The van der Waals surface area contributed by atoms with Gasteiger partial charge in [-0.2, -0.15) is 0 Å². The molecular formula is C11H22N2O4. The van der Waals surface area contributed by atoms with Crippen LogP contribution >= 0.6 is 0 Å². The van der Waals surface area contributed by atoms with Crippen LogP contribution in [0.2, 0.25) is 0 Å². The van der Waals surface area contributed by atoms with Gasteiger partial charge in [0, 0.05) is 19.1 Å². The van der Waals surface area contributed by atoms with Crippen LogP contribution in [0.25, 0.3) is 0 Å². The highest BCUT2D eigenvalue weighted by molar-refractivity contribution is 5.67. The number of hydrogen-bond acceptors (Lipinski definition) is 5. The molecular weight excluding hydrogens is 224 g/mol. The molecule has 17 heavy (non-hydrogen) atoms. The lowest BCUT2D eigenvalue weighted by molar-refractivity contribution is 0.0899. The van der Waals surface area contributed by atoms with E-state index in [1.807, 2.05) is 0 Å². The van der Waals surface area contributed by atoms with Crippen molar-refractivity contribution in [1.82, 2.24) is 10.2 Å². The molecule has 1 heterocycles. The minimum absolute atomic E-state index is 0.0748. The molecule has 1 amide bonds. The number of aliphatic hydroxyl groups excluding tert-OH is 2. The highest BCUT2D eigenvalue weighted by atomic mass is 16.6. The standard InChI is InChI=1S/C11H22N2O4/c1-2-17-11(16)13-5-3-9(4-6-13)12-10(7-14)8-15/h9-10,12,14-15H,2-8H2,1H3. The van der Waals surface area contributed by atoms with Crippen molar-refractivity contribution >= 4 is 6.09 Å². The predicted molar refractivity (Wildman–Crippen MR) is 62.7 cm³/mol. The van der Waals surface area contributed by atoms with Gasteiger partial charge in [0.25, 0.3) is 0 Å². The van der Waals surface area contributed by atoms with Gasteiger partial charge in [-0.15, -0.1) is 0 Å². The van der Waals surface area contributed by atoms with E-state index in [1.54, 1.807) is 11.8 Å². The largest absolute Gasteiger partial charge is 0.450 e. The fraction of sp³-hybridized carbons (Fsp3) is 0.909. The summed E-state index contributed by atoms with van der Waals surface area (Å²) in [5.74, 6) is 0. The minimum atomic E-state index is -0.269. The van der Waals surface area contributed by atoms with Crippen LogP contribution in [0.4, 0.5) is 4.79 Å². The molecule has 0 bridgehead atoms. The van der Waals surface area contributed by atoms with E-state index in [1.165, 1.54) is 0 Å². The lowest BCUT2D eigenvalue weighted by atomic mass is 10.0. The zero-order chi connectivity index (χ0) is 12.7. The monoisotopic (exact) mass is 246 g/mol. The number of ether oxygens (including phenoxy) is 1. The highest BCUT2D eigenvalue weighted by Gasteiger charge is 2.24. The smallest absolute Gasteiger partial charge is 0.409 e. The zero-order valence-electron chi connectivity index (χ0n) is 10.3. The molecule has 6 heteroatoms. The highest BCUT2D eigenvalue weighted by Crippen LogP contribution is 2.12. The van der Waals surface area contributed by atoms with Crippen LogP contribution in [-0.4, -0.2) is 66.2 Å². The van der Waals surface area contributed by atoms with Gasteiger partial charge in [0.2, 0.25) is 0 Å². The Hall–Kier alpha value is -0.850. The van der Waals surface area contributed by atoms with Gasteiger partial charge in [-0.3, -0.25) is 0 Å². The molecule has 0 spiro atoms. The van der Waals surface area contributed by atoms with E-state index in [0.29, 0.717) is 19.7 Å². The molecule has 1 aliphatic rings. The number of aliphatic hydroxyl groups is 2. The second-order valence-electron chi connectivity index (χ2n) is 4.19. The third kappa shape index (κ3) is 4.49. The van der Waals surface area contributed by atoms with Gasteiger partial charge in [-0.05, 0) is 19.8 Å². The van der Waals surface area contributed by atoms with Gasteiger partial charge in [0.1, 0.15) is 0 Å². The second kappa shape index (κ2) is 7.47. The molecule has 1 saturated heterocycles. The van der Waals surface area contributed by atoms with E-state index in [-0.39, 0.29) is 31.4 Å². The van der Waals surface area contributed by atoms with E-state index in [2.05, 4.69) is 5.32 Å². The summed E-state index contributed by atoms with van der Waals surface area (Å²) in [5, 5.41) is 21.1. The van der Waals surface area contributed by atoms with Gasteiger partial charge in [-0.1, -0.05) is 0 Å². The van der Waals surface area contributed by atoms with Crippen LogP contribution in [0.15, 0.2) is 0 Å². The lowest BCUT2D eigenvalue weighted by Crippen LogP contribution is -2.49. The summed E-state index contributed by atoms with van der Waals surface area (Å²) in [5.41, 5.74) is 0. The average molecular weight is 246 g/mol. The van der Waals surface area contributed by atoms with Crippen LogP contribution in [0.3, 0.4) is 0 Å². The fourth-order valence-electron chi connectivity index (χ4n) is 1.94. The number of likely N-dealkylation sites (tertiary alicyclic amines) is 1. The quantitative estimate of drug-likeness (QED) is 0.612. The van der Waals surface area contributed by atoms with Gasteiger partial charge in [0.15, 0.2) is 0 Å². The fourth-order valence-corrected chi connectivity index (χ4v) is 1.94. The van der Waals surface area contributed by atoms with Crippen LogP contribution in [0.1, 0.15) is 19.8 Å². The SMILES string of the molecule is CCOC(=O)N1CCC(NC(CO)CO)CC1. The summed E-state index contributed by atoms with van der Waals surface area (Å²) >= 11 is 0. The third-order valence-corrected chi connectivity index (χ3v) is 2.93. The first-order valence-corrected chi connectivity index (χ1v) is 6.10. The molecule has 1 rings (SSSR count). The molecule has 0 atom stereocenters. The summed E-state index contributed by atoms with van der Waals surface area (Å²) in [6, 6.07) is -0.0286. The molecule has 0 unspecified atom stereocenters. The lowest BCUT2D eigenvalue weighted by Gasteiger charge is -2.33. The Bertz CT molecular complexity index is 226. The topological polar surface area (TPSA) is 82.0 Å². The predicted octanol–water partition coefficient (Wildman–Crippen LogP) is -0.450. The maximum atomic E-state index is 11.4. The normalized spacial score (nSPS) is 17.5. The summed E-state index contributed by atoms with van der Waals surface area (Å²) in [7, 11) is 0. The maximum absolute atomic E-state index is 11.4. The number of carbonyl (C=O) groups excluding carboxylic acids is 1. The van der Waals surface area contributed by atoms with Crippen LogP contribution in [0, 0.1) is 0 Å². The molecule has 1 aliphatic heterocycles. The van der Waals surface area contributed by atoms with E-state index in [0.717, 1.165) is 12.8 Å². The first-order valence-electron chi connectivity index (χ1n) is 6.10. The summed E-state index contributed by atoms with van der Waals surface area (Å²) in [4.78, 5) is 13.1. The van der Waals surface area contributed by atoms with E-state index in [9.17, 15) is 4.79 Å². The molecule has 0 aromatic carbocycles. The molecule has 100 valence electrons. The van der Waals surface area contributed by atoms with Gasteiger partial charge >= 0.3 is 6.09 Å². The Morgan fingerprint density at radius 1 is 1.41 bits per heavy atom. The van der Waals surface area contributed by atoms with Crippen molar-refractivity contribution in [3.8, 4) is 0 Å². The number of nitrogens with zero attached hydrogens (tertiary/aromatic N) is 1. The van der Waals surface area contributed by atoms with Crippen LogP contribution in [0.5, 0.6) is 0 Å². The summed E-state index contributed by atoms with van der Waals surface area (Å²) < 4.78 is 4.93. The van der Waals surface area contributed by atoms with E-state index < -0.39 is 0 Å². The molecule has 6 nitrogen and oxygen atoms in total. The number of rotatable bonds is 5. The number of piperidine rings is 1. The van der Waals surface area contributed by atoms with Crippen molar-refractivity contribution in [1.29, 1.82) is 0 Å². The molecule has 0 aromatic rings. The first kappa shape index (κ1) is 14.2. The molecule has 0 saturated carbocycles. The maximum Gasteiger partial charge on any atom is 0.409 e. The average Bonchev–Trinajstić information content (AvgIpc) is 2.37. The van der Waals surface area contributed by atoms with Gasteiger partial charge in [0.05, 0.1) is 25.9 Å². The molecule has 0 aliphatic carbocycles. The van der Waals surface area contributed by atoms with E-state index >= 15 is 0 Å². The van der Waals surface area contributed by atoms with Crippen molar-refractivity contribution in [2.24, 2.45) is 0 Å². The zero-order valence-corrected chi connectivity index (χ0v) is 10.3. The minimum Gasteiger partial charge on any atom is -0.450 e. The summed E-state index contributed by atoms with van der Waals surface area (Å²) in [6.07, 6.45) is 1.37. The van der Waals surface area contributed by atoms with Crippen LogP contribution < -0.4 is 5.32 Å². The van der Waals surface area contributed by atoms with Crippen molar-refractivity contribution in [2.75, 3.05) is 32.9 Å². The Morgan fingerprint density at radius 3 is 2.47 bits per heavy atom. The Labute approximate surface area is 102 Å². The second-order valence-corrected chi connectivity index (χ2v) is 4.19. The van der Waals surface area contributed by atoms with Gasteiger partial charge in [-0.25, -0.2) is 4.79 Å². The molecule has 1 fully saturated rings. The van der Waals surface area contributed by atoms with E-state index in [4.69, 9.17) is 14.9 Å². The number of hydrogen-bond donors (Lipinski definition) is 3. The van der Waals surface area contributed by atoms with Gasteiger partial charge < -0.3 is 25.2 Å². The summed E-state index contributed by atoms with van der Waals surface area (Å²) in [6.45, 7) is 3.34. The third-order valence-electron chi connectivity index (χ3n) is 2.93. The Balaban J connectivity index is 2.28. The van der Waals surface area contributed by atoms with Crippen molar-refractivity contribution < 1.29 is 19.7 Å². The molecule has 3 N–H and O–H groups in total. The van der Waals surface area contributed by atoms with Crippen LogP contribution in [-0.2, 0) is 4.74 Å². The number of nitrogens with one attached hydrogen (secondary N) is 1. The number of amides is 1. The first-order chi connectivity index (χ1) is 8.21. The Morgan fingerprint density at radius 2 is 2.00 bits per heavy atom.